The minimum absolute atomic E-state index is 0.0150. The monoisotopic (exact) mass is 767 g/mol. The molecule has 0 bridgehead atoms. The Morgan fingerprint density at radius 1 is 0.625 bits per heavy atom. The van der Waals surface area contributed by atoms with Crippen molar-refractivity contribution in [1.82, 2.24) is 10.6 Å². The van der Waals surface area contributed by atoms with Crippen molar-refractivity contribution < 1.29 is 42.6 Å². The Labute approximate surface area is 319 Å². The second-order valence-electron chi connectivity index (χ2n) is 12.5. The SMILES string of the molecule is CC(=O)c1cc2ccc(O)cc2oc1=O.CCN(CC)c1ccc2cc(C(C)=O)c(=O)oc2c1.CN[C@@H](CNC(=O)c1cc2ccc(O)cc2oc1=O)C(C)=O. The van der Waals surface area contributed by atoms with E-state index in [0.717, 1.165) is 24.2 Å². The first-order valence-electron chi connectivity index (χ1n) is 17.4. The lowest BCUT2D eigenvalue weighted by Gasteiger charge is -2.20. The number of amides is 1. The van der Waals surface area contributed by atoms with Gasteiger partial charge in [0.15, 0.2) is 11.6 Å². The molecule has 3 aromatic heterocycles. The van der Waals surface area contributed by atoms with Crippen LogP contribution in [0.15, 0.2) is 100 Å². The Kier molecular flexibility index (Phi) is 13.8. The fourth-order valence-corrected chi connectivity index (χ4v) is 5.47. The molecule has 1 atom stereocenters. The average Bonchev–Trinajstić information content (AvgIpc) is 3.14. The normalized spacial score (nSPS) is 11.2. The highest BCUT2D eigenvalue weighted by Gasteiger charge is 2.18. The van der Waals surface area contributed by atoms with Gasteiger partial charge in [-0.2, -0.15) is 0 Å². The number of phenolic OH excluding ortho intramolecular Hbond substituents is 2. The first kappa shape index (κ1) is 41.9. The molecule has 15 nitrogen and oxygen atoms in total. The van der Waals surface area contributed by atoms with Gasteiger partial charge < -0.3 is 39.0 Å². The summed E-state index contributed by atoms with van der Waals surface area (Å²) in [6.07, 6.45) is 0. The molecular formula is C41H41N3O12. The van der Waals surface area contributed by atoms with Gasteiger partial charge in [-0.05, 0) is 96.3 Å². The molecule has 0 radical (unpaired) electrons. The summed E-state index contributed by atoms with van der Waals surface area (Å²) in [5.41, 5.74) is -0.108. The predicted octanol–water partition coefficient (Wildman–Crippen LogP) is 4.95. The number of ketones is 3. The number of carbonyl (C=O) groups is 4. The minimum Gasteiger partial charge on any atom is -0.508 e. The number of nitrogens with zero attached hydrogens (tertiary/aromatic N) is 1. The molecule has 3 heterocycles. The summed E-state index contributed by atoms with van der Waals surface area (Å²) in [4.78, 5) is 82.7. The van der Waals surface area contributed by atoms with E-state index in [1.54, 1.807) is 19.2 Å². The van der Waals surface area contributed by atoms with Crippen molar-refractivity contribution in [3.05, 3.63) is 121 Å². The van der Waals surface area contributed by atoms with E-state index in [1.807, 2.05) is 18.2 Å². The number of Topliss-reactive ketones (excluding diaryl/α,β-unsaturated/α-hetero) is 3. The van der Waals surface area contributed by atoms with Gasteiger partial charge in [-0.1, -0.05) is 0 Å². The minimum atomic E-state index is -0.806. The van der Waals surface area contributed by atoms with Crippen LogP contribution in [0, 0.1) is 0 Å². The Morgan fingerprint density at radius 3 is 1.45 bits per heavy atom. The highest BCUT2D eigenvalue weighted by Crippen LogP contribution is 2.23. The molecule has 4 N–H and O–H groups in total. The van der Waals surface area contributed by atoms with Crippen LogP contribution in [0.4, 0.5) is 5.69 Å². The van der Waals surface area contributed by atoms with Gasteiger partial charge in [-0.25, -0.2) is 14.4 Å². The molecule has 0 saturated heterocycles. The zero-order valence-electron chi connectivity index (χ0n) is 31.6. The first-order chi connectivity index (χ1) is 26.6. The summed E-state index contributed by atoms with van der Waals surface area (Å²) in [5, 5.41) is 25.7. The fraction of sp³-hybridized carbons (Fsp3) is 0.244. The lowest BCUT2D eigenvalue weighted by molar-refractivity contribution is -0.118. The van der Waals surface area contributed by atoms with E-state index < -0.39 is 28.8 Å². The van der Waals surface area contributed by atoms with E-state index in [2.05, 4.69) is 29.4 Å². The van der Waals surface area contributed by atoms with Crippen molar-refractivity contribution >= 4 is 61.9 Å². The fourth-order valence-electron chi connectivity index (χ4n) is 5.47. The molecule has 1 amide bonds. The van der Waals surface area contributed by atoms with Crippen LogP contribution in [0.1, 0.15) is 65.7 Å². The lowest BCUT2D eigenvalue weighted by atomic mass is 10.1. The molecule has 0 aliphatic carbocycles. The van der Waals surface area contributed by atoms with Crippen LogP contribution >= 0.6 is 0 Å². The molecule has 6 aromatic rings. The Hall–Kier alpha value is -6.87. The van der Waals surface area contributed by atoms with E-state index in [9.17, 15) is 43.8 Å². The Bertz CT molecular complexity index is 2620. The zero-order chi connectivity index (χ0) is 41.3. The van der Waals surface area contributed by atoms with Crippen molar-refractivity contribution in [2.24, 2.45) is 0 Å². The quantitative estimate of drug-likeness (QED) is 0.107. The van der Waals surface area contributed by atoms with E-state index >= 15 is 0 Å². The summed E-state index contributed by atoms with van der Waals surface area (Å²) in [6, 6.07) is 18.3. The second-order valence-corrected chi connectivity index (χ2v) is 12.5. The van der Waals surface area contributed by atoms with Crippen LogP contribution in [-0.2, 0) is 4.79 Å². The molecule has 0 aliphatic rings. The largest absolute Gasteiger partial charge is 0.508 e. The van der Waals surface area contributed by atoms with E-state index in [4.69, 9.17) is 13.3 Å². The summed E-state index contributed by atoms with van der Waals surface area (Å²) < 4.78 is 15.1. The summed E-state index contributed by atoms with van der Waals surface area (Å²) in [6.45, 7) is 10.1. The van der Waals surface area contributed by atoms with Gasteiger partial charge in [0.2, 0.25) is 0 Å². The molecule has 0 spiro atoms. The van der Waals surface area contributed by atoms with Gasteiger partial charge in [0, 0.05) is 59.7 Å². The maximum atomic E-state index is 12.1. The van der Waals surface area contributed by atoms with Crippen LogP contribution in [0.25, 0.3) is 32.9 Å². The average molecular weight is 768 g/mol. The van der Waals surface area contributed by atoms with E-state index in [1.165, 1.54) is 63.2 Å². The van der Waals surface area contributed by atoms with Gasteiger partial charge in [-0.15, -0.1) is 0 Å². The zero-order valence-corrected chi connectivity index (χ0v) is 31.6. The van der Waals surface area contributed by atoms with Crippen molar-refractivity contribution in [1.29, 1.82) is 0 Å². The number of rotatable bonds is 10. The molecule has 0 unspecified atom stereocenters. The van der Waals surface area contributed by atoms with Crippen LogP contribution in [0.5, 0.6) is 11.5 Å². The first-order valence-corrected chi connectivity index (χ1v) is 17.4. The second kappa shape index (κ2) is 18.4. The third kappa shape index (κ3) is 10.2. The number of phenols is 2. The third-order valence-corrected chi connectivity index (χ3v) is 8.60. The highest BCUT2D eigenvalue weighted by molar-refractivity contribution is 5.98. The number of nitrogens with one attached hydrogen (secondary N) is 2. The smallest absolute Gasteiger partial charge is 0.349 e. The molecule has 56 heavy (non-hydrogen) atoms. The molecule has 6 rings (SSSR count). The summed E-state index contributed by atoms with van der Waals surface area (Å²) >= 11 is 0. The lowest BCUT2D eigenvalue weighted by Crippen LogP contribution is -2.44. The van der Waals surface area contributed by atoms with Crippen LogP contribution < -0.4 is 32.4 Å². The number of aromatic hydroxyl groups is 2. The topological polar surface area (TPSA) is 227 Å². The predicted molar refractivity (Wildman–Crippen MR) is 210 cm³/mol. The molecule has 15 heteroatoms. The van der Waals surface area contributed by atoms with Gasteiger partial charge >= 0.3 is 16.9 Å². The van der Waals surface area contributed by atoms with Crippen molar-refractivity contribution in [3.63, 3.8) is 0 Å². The molecule has 0 fully saturated rings. The number of likely N-dealkylation sites (N-methyl/N-ethyl adjacent to an activating group) is 1. The standard InChI is InChI=1S/C15H16N2O5.C15H17NO3.C11H8O4/c1-8(18)12(16-2)7-17-14(20)11-5-9-3-4-10(19)6-13(9)22-15(11)21;1-4-16(5-2)12-7-6-11-8-13(10(3)17)15(18)19-14(11)9-12;1-6(12)9-4-7-2-3-8(13)5-10(7)15-11(9)14/h3-6,12,16,19H,7H2,1-2H3,(H,17,20);6-9H,4-5H2,1-3H3;2-5,13H,1H3/t12-;;/m0../s1. The number of fused-ring (bicyclic) bond motifs is 3. The number of hydrogen-bond donors (Lipinski definition) is 4. The number of anilines is 1. The van der Waals surface area contributed by atoms with Gasteiger partial charge in [0.25, 0.3) is 5.91 Å². The number of benzene rings is 3. The van der Waals surface area contributed by atoms with Crippen molar-refractivity contribution in [2.45, 2.75) is 40.7 Å². The van der Waals surface area contributed by atoms with Crippen LogP contribution in [-0.4, -0.2) is 66.2 Å². The van der Waals surface area contributed by atoms with Gasteiger partial charge in [0.05, 0.1) is 6.04 Å². The number of hydrogen-bond acceptors (Lipinski definition) is 14. The molecule has 3 aromatic carbocycles. The van der Waals surface area contributed by atoms with E-state index in [-0.39, 0.29) is 63.2 Å². The number of carbonyl (C=O) groups excluding carboxylic acids is 4. The third-order valence-electron chi connectivity index (χ3n) is 8.60. The molecule has 0 saturated carbocycles. The molecule has 0 aliphatic heterocycles. The molecular weight excluding hydrogens is 726 g/mol. The maximum absolute atomic E-state index is 12.1. The Morgan fingerprint density at radius 2 is 1.04 bits per heavy atom. The Balaban J connectivity index is 0.000000190. The van der Waals surface area contributed by atoms with Crippen LogP contribution in [0.3, 0.4) is 0 Å². The van der Waals surface area contributed by atoms with Crippen molar-refractivity contribution in [3.8, 4) is 11.5 Å². The van der Waals surface area contributed by atoms with Gasteiger partial charge in [-0.3, -0.25) is 19.2 Å². The summed E-state index contributed by atoms with van der Waals surface area (Å²) in [5.74, 6) is -1.37. The van der Waals surface area contributed by atoms with E-state index in [0.29, 0.717) is 16.4 Å². The molecule has 292 valence electrons. The summed E-state index contributed by atoms with van der Waals surface area (Å²) in [7, 11) is 1.61. The van der Waals surface area contributed by atoms with Crippen LogP contribution in [0.2, 0.25) is 0 Å². The van der Waals surface area contributed by atoms with Gasteiger partial charge in [0.1, 0.15) is 50.7 Å². The van der Waals surface area contributed by atoms with Crippen molar-refractivity contribution in [2.75, 3.05) is 31.6 Å². The maximum Gasteiger partial charge on any atom is 0.349 e. The highest BCUT2D eigenvalue weighted by atomic mass is 16.4.